The molecule has 0 spiro atoms. The van der Waals surface area contributed by atoms with Gasteiger partial charge in [-0.05, 0) is 175 Å². The Labute approximate surface area is 432 Å². The molecule has 0 aliphatic rings. The second kappa shape index (κ2) is 18.8. The zero-order valence-corrected chi connectivity index (χ0v) is 40.9. The first kappa shape index (κ1) is 44.2. The van der Waals surface area contributed by atoms with Crippen LogP contribution in [0, 0.1) is 0 Å². The molecule has 0 atom stereocenters. The van der Waals surface area contributed by atoms with Gasteiger partial charge in [-0.15, -0.1) is 0 Å². The van der Waals surface area contributed by atoms with Gasteiger partial charge in [0.05, 0.1) is 22.1 Å². The van der Waals surface area contributed by atoms with Crippen LogP contribution in [0.4, 0.5) is 0 Å². The van der Waals surface area contributed by atoms with Crippen LogP contribution in [0.25, 0.3) is 127 Å². The quantitative estimate of drug-likeness (QED) is 0.114. The minimum Gasteiger partial charge on any atom is -0.309 e. The fraction of sp³-hybridized carbons (Fsp3) is 0. The summed E-state index contributed by atoms with van der Waals surface area (Å²) in [4.78, 5) is 0. The third-order valence-corrected chi connectivity index (χ3v) is 14.6. The molecule has 13 aromatic rings. The van der Waals surface area contributed by atoms with Gasteiger partial charge in [0.1, 0.15) is 0 Å². The van der Waals surface area contributed by atoms with E-state index in [0.29, 0.717) is 0 Å². The van der Waals surface area contributed by atoms with E-state index < -0.39 is 0 Å². The minimum atomic E-state index is 1.01. The number of para-hydroxylation sites is 4. The van der Waals surface area contributed by atoms with Crippen LogP contribution in [0.15, 0.2) is 292 Å². The van der Waals surface area contributed by atoms with Gasteiger partial charge in [0.2, 0.25) is 0 Å². The molecule has 0 radical (unpaired) electrons. The van der Waals surface area contributed by atoms with E-state index in [0.717, 1.165) is 100 Å². The molecule has 2 nitrogen and oxygen atoms in total. The molecule has 0 bridgehead atoms. The molecule has 74 heavy (non-hydrogen) atoms. The van der Waals surface area contributed by atoms with Crippen molar-refractivity contribution in [3.8, 4) is 78.1 Å². The molecule has 13 rings (SSSR count). The summed E-state index contributed by atoms with van der Waals surface area (Å²) in [6.45, 7) is 8.32. The summed E-state index contributed by atoms with van der Waals surface area (Å²) in [5, 5.41) is 4.90. The van der Waals surface area contributed by atoms with E-state index >= 15 is 0 Å². The van der Waals surface area contributed by atoms with Crippen molar-refractivity contribution >= 4 is 49.2 Å². The molecule has 0 aliphatic heterocycles. The van der Waals surface area contributed by atoms with Crippen molar-refractivity contribution < 1.29 is 0 Å². The lowest BCUT2D eigenvalue weighted by atomic mass is 9.88. The second-order valence-electron chi connectivity index (χ2n) is 19.0. The number of fused-ring (bicyclic) bond motifs is 6. The van der Waals surface area contributed by atoms with E-state index in [9.17, 15) is 0 Å². The van der Waals surface area contributed by atoms with Crippen molar-refractivity contribution in [2.45, 2.75) is 0 Å². The van der Waals surface area contributed by atoms with Crippen LogP contribution in [-0.2, 0) is 0 Å². The van der Waals surface area contributed by atoms with E-state index in [2.05, 4.69) is 283 Å². The van der Waals surface area contributed by atoms with E-state index in [4.69, 9.17) is 0 Å². The summed E-state index contributed by atoms with van der Waals surface area (Å²) in [5.41, 5.74) is 22.5. The smallest absolute Gasteiger partial charge is 0.0541 e. The van der Waals surface area contributed by atoms with Crippen LogP contribution in [0.2, 0.25) is 0 Å². The Morgan fingerprint density at radius 2 is 0.541 bits per heavy atom. The van der Waals surface area contributed by atoms with Gasteiger partial charge in [-0.1, -0.05) is 195 Å². The summed E-state index contributed by atoms with van der Waals surface area (Å²) in [6.07, 6.45) is 5.81. The summed E-state index contributed by atoms with van der Waals surface area (Å²) < 4.78 is 4.90. The fourth-order valence-electron chi connectivity index (χ4n) is 11.1. The Hall–Kier alpha value is -9.76. The van der Waals surface area contributed by atoms with E-state index in [1.807, 2.05) is 18.2 Å². The van der Waals surface area contributed by atoms with Gasteiger partial charge < -0.3 is 9.13 Å². The lowest BCUT2D eigenvalue weighted by Gasteiger charge is -2.18. The van der Waals surface area contributed by atoms with Crippen molar-refractivity contribution in [1.29, 1.82) is 0 Å². The maximum atomic E-state index is 4.25. The highest BCUT2D eigenvalue weighted by atomic mass is 15.0. The Bertz CT molecular complexity index is 4020. The zero-order chi connectivity index (χ0) is 49.5. The normalized spacial score (nSPS) is 11.7. The van der Waals surface area contributed by atoms with Crippen LogP contribution in [0.1, 0.15) is 5.56 Å². The SMILES string of the molecule is C=C/C=C(\C=C)c1cc(-c2ccccc2)cc(-c2cc(-c3cc(-c4ccccc4)cc(-c4ccccc4)c3)cc(-c3cc(-n4c5ccccc5c5ccccc54)cc(-n4c5ccccc5c5ccccc54)c3)c2)c1. The van der Waals surface area contributed by atoms with Gasteiger partial charge in [-0.25, -0.2) is 0 Å². The molecule has 0 aliphatic carbocycles. The van der Waals surface area contributed by atoms with Crippen molar-refractivity contribution in [2.75, 3.05) is 0 Å². The molecule has 0 N–H and O–H groups in total. The summed E-state index contributed by atoms with van der Waals surface area (Å²) in [6, 6.07) is 95.6. The minimum absolute atomic E-state index is 1.01. The number of allylic oxidation sites excluding steroid dienone is 4. The largest absolute Gasteiger partial charge is 0.309 e. The standard InChI is InChI=1S/C72H50N2/c1-3-22-49(4-2)53-37-54(50-23-8-5-9-24-50)40-57(38-53)59-43-60(58-41-55(51-25-10-6-11-26-51)39-56(42-58)52-27-12-7-13-28-52)45-61(44-59)62-46-63(73-69-33-18-14-29-65(69)66-30-15-19-34-70(66)73)48-64(47-62)74-71-35-20-16-31-67(71)68-32-17-21-36-72(68)74/h3-48H,1-2H2/b49-22+. The molecule has 0 saturated carbocycles. The summed E-state index contributed by atoms with van der Waals surface area (Å²) in [7, 11) is 0. The Kier molecular flexibility index (Phi) is 11.2. The molecule has 348 valence electrons. The predicted octanol–water partition coefficient (Wildman–Crippen LogP) is 19.6. The molecule has 0 saturated heterocycles. The zero-order valence-electron chi connectivity index (χ0n) is 40.9. The number of aromatic nitrogens is 2. The van der Waals surface area contributed by atoms with Crippen LogP contribution in [0.3, 0.4) is 0 Å². The van der Waals surface area contributed by atoms with Gasteiger partial charge in [0.25, 0.3) is 0 Å². The molecule has 11 aromatic carbocycles. The maximum absolute atomic E-state index is 4.25. The first-order chi connectivity index (χ1) is 36.6. The first-order valence-corrected chi connectivity index (χ1v) is 25.3. The molecule has 0 amide bonds. The van der Waals surface area contributed by atoms with Crippen LogP contribution >= 0.6 is 0 Å². The first-order valence-electron chi connectivity index (χ1n) is 25.3. The molecule has 0 fully saturated rings. The van der Waals surface area contributed by atoms with Crippen molar-refractivity contribution in [3.05, 3.63) is 298 Å². The number of hydrogen-bond donors (Lipinski definition) is 0. The highest BCUT2D eigenvalue weighted by Crippen LogP contribution is 2.42. The molecular weight excluding hydrogens is 893 g/mol. The Balaban J connectivity index is 1.13. The number of rotatable bonds is 11. The summed E-state index contributed by atoms with van der Waals surface area (Å²) in [5.74, 6) is 0. The number of nitrogens with zero attached hydrogens (tertiary/aromatic N) is 2. The van der Waals surface area contributed by atoms with Crippen molar-refractivity contribution in [1.82, 2.24) is 9.13 Å². The molecule has 2 heteroatoms. The van der Waals surface area contributed by atoms with E-state index in [1.165, 1.54) is 32.7 Å². The molecule has 0 unspecified atom stereocenters. The average Bonchev–Trinajstić information content (AvgIpc) is 4.00. The maximum Gasteiger partial charge on any atom is 0.0541 e. The van der Waals surface area contributed by atoms with Gasteiger partial charge >= 0.3 is 0 Å². The lowest BCUT2D eigenvalue weighted by molar-refractivity contribution is 1.13. The average molecular weight is 943 g/mol. The van der Waals surface area contributed by atoms with Gasteiger partial charge in [-0.3, -0.25) is 0 Å². The number of benzene rings is 11. The lowest BCUT2D eigenvalue weighted by Crippen LogP contribution is -2.00. The fourth-order valence-corrected chi connectivity index (χ4v) is 11.1. The van der Waals surface area contributed by atoms with Gasteiger partial charge in [0, 0.05) is 32.9 Å². The van der Waals surface area contributed by atoms with Gasteiger partial charge in [0.15, 0.2) is 0 Å². The second-order valence-corrected chi connectivity index (χ2v) is 19.0. The Morgan fingerprint density at radius 3 is 0.865 bits per heavy atom. The number of hydrogen-bond acceptors (Lipinski definition) is 0. The summed E-state index contributed by atoms with van der Waals surface area (Å²) >= 11 is 0. The van der Waals surface area contributed by atoms with Crippen LogP contribution < -0.4 is 0 Å². The van der Waals surface area contributed by atoms with Crippen LogP contribution in [-0.4, -0.2) is 9.13 Å². The molecular formula is C72H50N2. The van der Waals surface area contributed by atoms with Crippen molar-refractivity contribution in [3.63, 3.8) is 0 Å². The van der Waals surface area contributed by atoms with E-state index in [1.54, 1.807) is 0 Å². The highest BCUT2D eigenvalue weighted by Gasteiger charge is 2.19. The monoisotopic (exact) mass is 942 g/mol. The van der Waals surface area contributed by atoms with Gasteiger partial charge in [-0.2, -0.15) is 0 Å². The topological polar surface area (TPSA) is 9.86 Å². The van der Waals surface area contributed by atoms with E-state index in [-0.39, 0.29) is 0 Å². The van der Waals surface area contributed by atoms with Crippen LogP contribution in [0.5, 0.6) is 0 Å². The molecule has 2 heterocycles. The highest BCUT2D eigenvalue weighted by molar-refractivity contribution is 6.11. The predicted molar refractivity (Wildman–Crippen MR) is 316 cm³/mol. The molecule has 2 aromatic heterocycles. The third-order valence-electron chi connectivity index (χ3n) is 14.6. The Morgan fingerprint density at radius 1 is 0.270 bits per heavy atom. The third kappa shape index (κ3) is 7.96. The van der Waals surface area contributed by atoms with Crippen molar-refractivity contribution in [2.24, 2.45) is 0 Å².